The zero-order valence-corrected chi connectivity index (χ0v) is 10.6. The Bertz CT molecular complexity index is 246. The number of allylic oxidation sites excluding steroid dienone is 1. The molecule has 1 rings (SSSR count). The molecule has 0 aromatic carbocycles. The van der Waals surface area contributed by atoms with Crippen LogP contribution in [0.4, 0.5) is 0 Å². The third kappa shape index (κ3) is 5.31. The summed E-state index contributed by atoms with van der Waals surface area (Å²) >= 11 is 0. The minimum Gasteiger partial charge on any atom is -0.349 e. The second kappa shape index (κ2) is 7.44. The van der Waals surface area contributed by atoms with Gasteiger partial charge in [0.05, 0.1) is 0 Å². The molecule has 92 valence electrons. The molecule has 0 fully saturated rings. The normalized spacial score (nSPS) is 15.8. The Hall–Kier alpha value is -0.830. The van der Waals surface area contributed by atoms with Gasteiger partial charge in [-0.15, -0.1) is 0 Å². The predicted molar refractivity (Wildman–Crippen MR) is 67.3 cm³/mol. The summed E-state index contributed by atoms with van der Waals surface area (Å²) in [5.41, 5.74) is 1.60. The van der Waals surface area contributed by atoms with Gasteiger partial charge in [-0.05, 0) is 38.6 Å². The van der Waals surface area contributed by atoms with E-state index in [1.54, 1.807) is 24.6 Å². The molecule has 0 bridgehead atoms. The van der Waals surface area contributed by atoms with E-state index in [-0.39, 0.29) is 5.91 Å². The number of carbonyl (C=O) groups is 1. The molecule has 1 N–H and O–H groups in total. The maximum absolute atomic E-state index is 11.3. The molecular weight excluding hydrogens is 200 g/mol. The van der Waals surface area contributed by atoms with E-state index in [0.717, 1.165) is 19.5 Å². The molecular formula is C13H24N2O. The van der Waals surface area contributed by atoms with Crippen molar-refractivity contribution in [2.24, 2.45) is 0 Å². The smallest absolute Gasteiger partial charge is 0.223 e. The molecule has 0 saturated carbocycles. The first-order valence-corrected chi connectivity index (χ1v) is 6.29. The van der Waals surface area contributed by atoms with Crippen molar-refractivity contribution >= 4 is 5.91 Å². The monoisotopic (exact) mass is 224 g/mol. The molecule has 0 aromatic rings. The molecule has 0 aromatic heterocycles. The molecule has 0 spiro atoms. The van der Waals surface area contributed by atoms with Crippen LogP contribution in [-0.4, -0.2) is 38.0 Å². The summed E-state index contributed by atoms with van der Waals surface area (Å²) in [5.74, 6) is 0.199. The minimum atomic E-state index is 0.199. The highest BCUT2D eigenvalue weighted by Crippen LogP contribution is 2.19. The highest BCUT2D eigenvalue weighted by Gasteiger charge is 2.04. The van der Waals surface area contributed by atoms with Crippen molar-refractivity contribution in [2.45, 2.75) is 38.5 Å². The van der Waals surface area contributed by atoms with Gasteiger partial charge < -0.3 is 10.2 Å². The zero-order valence-electron chi connectivity index (χ0n) is 10.6. The van der Waals surface area contributed by atoms with E-state index in [9.17, 15) is 4.79 Å². The molecule has 3 heteroatoms. The number of hydrogen-bond acceptors (Lipinski definition) is 2. The highest BCUT2D eigenvalue weighted by molar-refractivity contribution is 5.75. The lowest BCUT2D eigenvalue weighted by molar-refractivity contribution is -0.128. The fraction of sp³-hybridized carbons (Fsp3) is 0.769. The van der Waals surface area contributed by atoms with Gasteiger partial charge >= 0.3 is 0 Å². The Labute approximate surface area is 98.9 Å². The first kappa shape index (κ1) is 13.2. The lowest BCUT2D eigenvalue weighted by Crippen LogP contribution is -2.27. The van der Waals surface area contributed by atoms with Gasteiger partial charge in [0.25, 0.3) is 0 Å². The Morgan fingerprint density at radius 3 is 2.81 bits per heavy atom. The van der Waals surface area contributed by atoms with Crippen LogP contribution in [0.3, 0.4) is 0 Å². The number of amides is 1. The maximum atomic E-state index is 11.3. The third-order valence-corrected chi connectivity index (χ3v) is 3.02. The molecule has 1 amide bonds. The molecule has 16 heavy (non-hydrogen) atoms. The molecule has 0 atom stereocenters. The van der Waals surface area contributed by atoms with Crippen LogP contribution in [0, 0.1) is 0 Å². The summed E-state index contributed by atoms with van der Waals surface area (Å²) in [6.07, 6.45) is 9.38. The Morgan fingerprint density at radius 1 is 1.38 bits per heavy atom. The van der Waals surface area contributed by atoms with E-state index in [0.29, 0.717) is 6.42 Å². The second-order valence-electron chi connectivity index (χ2n) is 4.65. The van der Waals surface area contributed by atoms with Crippen LogP contribution in [0.1, 0.15) is 38.5 Å². The van der Waals surface area contributed by atoms with Gasteiger partial charge in [-0.25, -0.2) is 0 Å². The standard InChI is InChI=1S/C13H24N2O/c1-15(2)13(16)9-11-14-10-8-12-6-4-3-5-7-12/h6,14H,3-5,7-11H2,1-2H3. The van der Waals surface area contributed by atoms with E-state index < -0.39 is 0 Å². The van der Waals surface area contributed by atoms with Crippen molar-refractivity contribution < 1.29 is 4.79 Å². The van der Waals surface area contributed by atoms with Gasteiger partial charge in [-0.2, -0.15) is 0 Å². The predicted octanol–water partition coefficient (Wildman–Crippen LogP) is 1.94. The fourth-order valence-corrected chi connectivity index (χ4v) is 1.92. The molecule has 0 aliphatic heterocycles. The SMILES string of the molecule is CN(C)C(=O)CCNCCC1=CCCCC1. The summed E-state index contributed by atoms with van der Waals surface area (Å²) in [5, 5.41) is 3.33. The summed E-state index contributed by atoms with van der Waals surface area (Å²) in [4.78, 5) is 12.9. The van der Waals surface area contributed by atoms with Crippen LogP contribution >= 0.6 is 0 Å². The molecule has 0 radical (unpaired) electrons. The van der Waals surface area contributed by atoms with Gasteiger partial charge in [0, 0.05) is 27.1 Å². The Kier molecular flexibility index (Phi) is 6.16. The summed E-state index contributed by atoms with van der Waals surface area (Å²) < 4.78 is 0. The molecule has 1 aliphatic rings. The zero-order chi connectivity index (χ0) is 11.8. The molecule has 3 nitrogen and oxygen atoms in total. The van der Waals surface area contributed by atoms with Crippen molar-refractivity contribution in [3.05, 3.63) is 11.6 Å². The second-order valence-corrected chi connectivity index (χ2v) is 4.65. The number of hydrogen-bond donors (Lipinski definition) is 1. The van der Waals surface area contributed by atoms with Gasteiger partial charge in [-0.3, -0.25) is 4.79 Å². The summed E-state index contributed by atoms with van der Waals surface area (Å²) in [6, 6.07) is 0. The molecule has 0 saturated heterocycles. The lowest BCUT2D eigenvalue weighted by atomic mass is 9.97. The first-order valence-electron chi connectivity index (χ1n) is 6.29. The van der Waals surface area contributed by atoms with Crippen molar-refractivity contribution in [2.75, 3.05) is 27.2 Å². The molecule has 0 heterocycles. The van der Waals surface area contributed by atoms with Gasteiger partial charge in [0.15, 0.2) is 0 Å². The number of rotatable bonds is 6. The fourth-order valence-electron chi connectivity index (χ4n) is 1.92. The van der Waals surface area contributed by atoms with Crippen molar-refractivity contribution in [3.8, 4) is 0 Å². The van der Waals surface area contributed by atoms with Crippen LogP contribution in [-0.2, 0) is 4.79 Å². The largest absolute Gasteiger partial charge is 0.349 e. The van der Waals surface area contributed by atoms with Crippen molar-refractivity contribution in [1.29, 1.82) is 0 Å². The van der Waals surface area contributed by atoms with E-state index in [2.05, 4.69) is 11.4 Å². The third-order valence-electron chi connectivity index (χ3n) is 3.02. The molecule has 1 aliphatic carbocycles. The van der Waals surface area contributed by atoms with E-state index >= 15 is 0 Å². The van der Waals surface area contributed by atoms with Gasteiger partial charge in [-0.1, -0.05) is 11.6 Å². The Morgan fingerprint density at radius 2 is 2.19 bits per heavy atom. The van der Waals surface area contributed by atoms with E-state index in [4.69, 9.17) is 0 Å². The van der Waals surface area contributed by atoms with E-state index in [1.807, 2.05) is 0 Å². The van der Waals surface area contributed by atoms with Crippen LogP contribution < -0.4 is 5.32 Å². The lowest BCUT2D eigenvalue weighted by Gasteiger charge is -2.13. The Balaban J connectivity index is 1.99. The van der Waals surface area contributed by atoms with Crippen LogP contribution in [0.15, 0.2) is 11.6 Å². The van der Waals surface area contributed by atoms with Gasteiger partial charge in [0.1, 0.15) is 0 Å². The van der Waals surface area contributed by atoms with Crippen molar-refractivity contribution in [3.63, 3.8) is 0 Å². The summed E-state index contributed by atoms with van der Waals surface area (Å²) in [6.45, 7) is 1.80. The highest BCUT2D eigenvalue weighted by atomic mass is 16.2. The maximum Gasteiger partial charge on any atom is 0.223 e. The van der Waals surface area contributed by atoms with Crippen molar-refractivity contribution in [1.82, 2.24) is 10.2 Å². The number of nitrogens with one attached hydrogen (secondary N) is 1. The van der Waals surface area contributed by atoms with Crippen LogP contribution in [0.25, 0.3) is 0 Å². The van der Waals surface area contributed by atoms with E-state index in [1.165, 1.54) is 25.7 Å². The van der Waals surface area contributed by atoms with Gasteiger partial charge in [0.2, 0.25) is 5.91 Å². The number of carbonyl (C=O) groups excluding carboxylic acids is 1. The minimum absolute atomic E-state index is 0.199. The average Bonchev–Trinajstić information content (AvgIpc) is 2.29. The summed E-state index contributed by atoms with van der Waals surface area (Å²) in [7, 11) is 3.60. The average molecular weight is 224 g/mol. The quantitative estimate of drug-likeness (QED) is 0.552. The first-order chi connectivity index (χ1) is 7.70. The molecule has 0 unspecified atom stereocenters. The number of nitrogens with zero attached hydrogens (tertiary/aromatic N) is 1. The topological polar surface area (TPSA) is 32.3 Å². The van der Waals surface area contributed by atoms with Crippen LogP contribution in [0.5, 0.6) is 0 Å². The van der Waals surface area contributed by atoms with Crippen LogP contribution in [0.2, 0.25) is 0 Å².